The molecule has 0 fully saturated rings. The van der Waals surface area contributed by atoms with Crippen molar-refractivity contribution >= 4 is 5.91 Å². The topological polar surface area (TPSA) is 49.3 Å². The summed E-state index contributed by atoms with van der Waals surface area (Å²) in [6.07, 6.45) is 0. The number of halogens is 3. The second-order valence-corrected chi connectivity index (χ2v) is 5.09. The molecule has 22 heavy (non-hydrogen) atoms. The zero-order chi connectivity index (χ0) is 16.3. The minimum Gasteiger partial charge on any atom is -0.383 e. The van der Waals surface area contributed by atoms with Crippen LogP contribution in [-0.4, -0.2) is 17.6 Å². The third-order valence-corrected chi connectivity index (χ3v) is 3.21. The molecule has 0 spiro atoms. The minimum atomic E-state index is -1.71. The van der Waals surface area contributed by atoms with Gasteiger partial charge in [0, 0.05) is 17.2 Å². The molecule has 3 nitrogen and oxygen atoms in total. The van der Waals surface area contributed by atoms with Gasteiger partial charge in [-0.3, -0.25) is 4.79 Å². The number of rotatable bonds is 4. The van der Waals surface area contributed by atoms with Crippen LogP contribution < -0.4 is 5.32 Å². The highest BCUT2D eigenvalue weighted by Gasteiger charge is 2.27. The fraction of sp³-hybridized carbons (Fsp3) is 0.188. The van der Waals surface area contributed by atoms with Crippen molar-refractivity contribution in [3.05, 3.63) is 71.0 Å². The Morgan fingerprint density at radius 3 is 2.27 bits per heavy atom. The Morgan fingerprint density at radius 1 is 1.09 bits per heavy atom. The molecule has 0 aliphatic rings. The van der Waals surface area contributed by atoms with Gasteiger partial charge in [-0.2, -0.15) is 0 Å². The van der Waals surface area contributed by atoms with Crippen LogP contribution in [0.1, 0.15) is 22.8 Å². The van der Waals surface area contributed by atoms with Gasteiger partial charge in [-0.25, -0.2) is 13.2 Å². The molecule has 0 aliphatic heterocycles. The maximum atomic E-state index is 13.7. The van der Waals surface area contributed by atoms with Crippen molar-refractivity contribution in [2.24, 2.45) is 0 Å². The van der Waals surface area contributed by atoms with Gasteiger partial charge in [0.1, 0.15) is 23.1 Å². The van der Waals surface area contributed by atoms with Crippen LogP contribution in [-0.2, 0) is 5.60 Å². The molecule has 1 amide bonds. The van der Waals surface area contributed by atoms with Crippen LogP contribution in [0.15, 0.2) is 42.5 Å². The Labute approximate surface area is 125 Å². The maximum Gasteiger partial charge on any atom is 0.251 e. The Balaban J connectivity index is 2.08. The van der Waals surface area contributed by atoms with E-state index in [0.29, 0.717) is 6.07 Å². The van der Waals surface area contributed by atoms with Crippen molar-refractivity contribution < 1.29 is 23.1 Å². The maximum absolute atomic E-state index is 13.7. The molecule has 0 heterocycles. The van der Waals surface area contributed by atoms with E-state index in [-0.39, 0.29) is 17.7 Å². The zero-order valence-electron chi connectivity index (χ0n) is 11.7. The lowest BCUT2D eigenvalue weighted by molar-refractivity contribution is 0.0494. The van der Waals surface area contributed by atoms with E-state index in [9.17, 15) is 23.1 Å². The summed E-state index contributed by atoms with van der Waals surface area (Å²) in [5.74, 6) is -2.67. The minimum absolute atomic E-state index is 0.131. The van der Waals surface area contributed by atoms with Gasteiger partial charge in [0.15, 0.2) is 0 Å². The van der Waals surface area contributed by atoms with E-state index in [1.54, 1.807) is 0 Å². The first-order valence-corrected chi connectivity index (χ1v) is 6.51. The largest absolute Gasteiger partial charge is 0.383 e. The Hall–Kier alpha value is -2.34. The smallest absolute Gasteiger partial charge is 0.251 e. The molecule has 0 aromatic heterocycles. The van der Waals surface area contributed by atoms with Crippen LogP contribution >= 0.6 is 0 Å². The van der Waals surface area contributed by atoms with Crippen LogP contribution in [0.5, 0.6) is 0 Å². The average Bonchev–Trinajstić information content (AvgIpc) is 2.45. The highest BCUT2D eigenvalue weighted by atomic mass is 19.1. The monoisotopic (exact) mass is 309 g/mol. The number of aliphatic hydroxyl groups is 1. The van der Waals surface area contributed by atoms with Crippen LogP contribution in [0, 0.1) is 17.5 Å². The molecule has 116 valence electrons. The summed E-state index contributed by atoms with van der Waals surface area (Å²) >= 11 is 0. The predicted octanol–water partition coefficient (Wildman–Crippen LogP) is 2.74. The molecule has 2 aromatic carbocycles. The third kappa shape index (κ3) is 3.65. The fourth-order valence-corrected chi connectivity index (χ4v) is 1.98. The quantitative estimate of drug-likeness (QED) is 0.912. The Morgan fingerprint density at radius 2 is 1.68 bits per heavy atom. The number of amides is 1. The molecule has 2 rings (SSSR count). The second-order valence-electron chi connectivity index (χ2n) is 5.09. The molecule has 2 N–H and O–H groups in total. The van der Waals surface area contributed by atoms with Gasteiger partial charge >= 0.3 is 0 Å². The molecular weight excluding hydrogens is 295 g/mol. The number of benzene rings is 2. The summed E-state index contributed by atoms with van der Waals surface area (Å²) < 4.78 is 39.3. The van der Waals surface area contributed by atoms with Crippen LogP contribution in [0.4, 0.5) is 13.2 Å². The summed E-state index contributed by atoms with van der Waals surface area (Å²) in [7, 11) is 0. The van der Waals surface area contributed by atoms with Crippen molar-refractivity contribution in [3.63, 3.8) is 0 Å². The van der Waals surface area contributed by atoms with Crippen LogP contribution in [0.2, 0.25) is 0 Å². The summed E-state index contributed by atoms with van der Waals surface area (Å²) in [5, 5.41) is 12.7. The summed E-state index contributed by atoms with van der Waals surface area (Å²) in [6.45, 7) is 1.01. The molecule has 1 unspecified atom stereocenters. The first-order valence-electron chi connectivity index (χ1n) is 6.51. The number of nitrogens with one attached hydrogen (secondary N) is 1. The van der Waals surface area contributed by atoms with Gasteiger partial charge in [-0.15, -0.1) is 0 Å². The van der Waals surface area contributed by atoms with E-state index < -0.39 is 29.0 Å². The van der Waals surface area contributed by atoms with E-state index in [1.807, 2.05) is 0 Å². The van der Waals surface area contributed by atoms with Gasteiger partial charge in [0.2, 0.25) is 0 Å². The second kappa shape index (κ2) is 6.19. The van der Waals surface area contributed by atoms with E-state index in [4.69, 9.17) is 0 Å². The SMILES string of the molecule is CC(O)(CNC(=O)c1ccc(F)cc1)c1ccc(F)cc1F. The number of carbonyl (C=O) groups excluding carboxylic acids is 1. The average molecular weight is 309 g/mol. The van der Waals surface area contributed by atoms with E-state index in [2.05, 4.69) is 5.32 Å². The molecule has 0 aliphatic carbocycles. The highest BCUT2D eigenvalue weighted by molar-refractivity contribution is 5.94. The standard InChI is InChI=1S/C16H14F3NO2/c1-16(22,13-7-6-12(18)8-14(13)19)9-20-15(21)10-2-4-11(17)5-3-10/h2-8,22H,9H2,1H3,(H,20,21). The zero-order valence-corrected chi connectivity index (χ0v) is 11.7. The Kier molecular flexibility index (Phi) is 4.51. The highest BCUT2D eigenvalue weighted by Crippen LogP contribution is 2.23. The van der Waals surface area contributed by atoms with Gasteiger partial charge in [-0.05, 0) is 37.3 Å². The molecule has 0 saturated carbocycles. The molecule has 0 saturated heterocycles. The number of hydrogen-bond acceptors (Lipinski definition) is 2. The predicted molar refractivity (Wildman–Crippen MR) is 74.7 cm³/mol. The summed E-state index contributed by atoms with van der Waals surface area (Å²) in [4.78, 5) is 11.9. The summed E-state index contributed by atoms with van der Waals surface area (Å²) in [6, 6.07) is 7.64. The van der Waals surface area contributed by atoms with Crippen LogP contribution in [0.25, 0.3) is 0 Å². The van der Waals surface area contributed by atoms with Gasteiger partial charge in [-0.1, -0.05) is 6.07 Å². The molecular formula is C16H14F3NO2. The molecule has 2 aromatic rings. The third-order valence-electron chi connectivity index (χ3n) is 3.21. The van der Waals surface area contributed by atoms with Crippen molar-refractivity contribution in [2.75, 3.05) is 6.54 Å². The molecule has 0 bridgehead atoms. The first-order chi connectivity index (χ1) is 10.3. The van der Waals surface area contributed by atoms with Crippen molar-refractivity contribution in [2.45, 2.75) is 12.5 Å². The lowest BCUT2D eigenvalue weighted by Gasteiger charge is -2.24. The van der Waals surface area contributed by atoms with Crippen molar-refractivity contribution in [1.29, 1.82) is 0 Å². The van der Waals surface area contributed by atoms with E-state index in [0.717, 1.165) is 24.3 Å². The summed E-state index contributed by atoms with van der Waals surface area (Å²) in [5.41, 5.74) is -1.64. The lowest BCUT2D eigenvalue weighted by Crippen LogP contribution is -2.39. The number of carbonyl (C=O) groups is 1. The van der Waals surface area contributed by atoms with Gasteiger partial charge in [0.25, 0.3) is 5.91 Å². The van der Waals surface area contributed by atoms with Gasteiger partial charge < -0.3 is 10.4 Å². The Bertz CT molecular complexity index is 684. The molecule has 0 radical (unpaired) electrons. The van der Waals surface area contributed by atoms with Crippen LogP contribution in [0.3, 0.4) is 0 Å². The van der Waals surface area contributed by atoms with Crippen molar-refractivity contribution in [1.82, 2.24) is 5.32 Å². The lowest BCUT2D eigenvalue weighted by atomic mass is 9.95. The van der Waals surface area contributed by atoms with Crippen molar-refractivity contribution in [3.8, 4) is 0 Å². The normalized spacial score (nSPS) is 13.5. The molecule has 6 heteroatoms. The van der Waals surface area contributed by atoms with E-state index >= 15 is 0 Å². The molecule has 1 atom stereocenters. The van der Waals surface area contributed by atoms with Gasteiger partial charge in [0.05, 0.1) is 6.54 Å². The first kappa shape index (κ1) is 16.0. The number of hydrogen-bond donors (Lipinski definition) is 2. The fourth-order valence-electron chi connectivity index (χ4n) is 1.98. The van der Waals surface area contributed by atoms with E-state index in [1.165, 1.54) is 19.1 Å².